The van der Waals surface area contributed by atoms with Crippen LogP contribution in [0.15, 0.2) is 18.2 Å². The van der Waals surface area contributed by atoms with Crippen LogP contribution >= 0.6 is 11.6 Å². The number of halogens is 1. The molecule has 0 spiro atoms. The van der Waals surface area contributed by atoms with Crippen LogP contribution in [0.25, 0.3) is 0 Å². The van der Waals surface area contributed by atoms with Gasteiger partial charge in [0.15, 0.2) is 0 Å². The molecule has 0 N–H and O–H groups in total. The molecular weight excluding hydrogens is 218 g/mol. The number of nitrogens with zero attached hydrogens (tertiary/aromatic N) is 1. The maximum Gasteiger partial charge on any atom is 0.0360 e. The fourth-order valence-electron chi connectivity index (χ4n) is 2.22. The van der Waals surface area contributed by atoms with Gasteiger partial charge in [0.1, 0.15) is 0 Å². The summed E-state index contributed by atoms with van der Waals surface area (Å²) in [5, 5.41) is 0.399. The molecule has 1 saturated heterocycles. The van der Waals surface area contributed by atoms with Gasteiger partial charge in [-0.15, -0.1) is 11.6 Å². The molecule has 1 aromatic rings. The second-order valence-electron chi connectivity index (χ2n) is 4.87. The molecule has 0 aromatic heterocycles. The lowest BCUT2D eigenvalue weighted by molar-refractivity contribution is 0.223. The van der Waals surface area contributed by atoms with Crippen LogP contribution in [-0.4, -0.2) is 23.4 Å². The van der Waals surface area contributed by atoms with Crippen LogP contribution in [0.3, 0.4) is 0 Å². The highest BCUT2D eigenvalue weighted by atomic mass is 35.5. The zero-order chi connectivity index (χ0) is 11.5. The lowest BCUT2D eigenvalue weighted by atomic mass is 10.0. The summed E-state index contributed by atoms with van der Waals surface area (Å²) in [4.78, 5) is 2.50. The molecule has 0 radical (unpaired) electrons. The summed E-state index contributed by atoms with van der Waals surface area (Å²) in [6.45, 7) is 7.70. The summed E-state index contributed by atoms with van der Waals surface area (Å²) >= 11 is 6.10. The van der Waals surface area contributed by atoms with E-state index in [0.717, 1.165) is 32.5 Å². The van der Waals surface area contributed by atoms with Crippen molar-refractivity contribution in [1.82, 2.24) is 4.90 Å². The van der Waals surface area contributed by atoms with E-state index in [1.54, 1.807) is 0 Å². The number of likely N-dealkylation sites (tertiary alicyclic amines) is 1. The van der Waals surface area contributed by atoms with Crippen molar-refractivity contribution in [3.05, 3.63) is 34.9 Å². The van der Waals surface area contributed by atoms with Gasteiger partial charge in [-0.05, 0) is 56.5 Å². The van der Waals surface area contributed by atoms with Crippen LogP contribution in [0.5, 0.6) is 0 Å². The molecule has 0 amide bonds. The van der Waals surface area contributed by atoms with Crippen LogP contribution in [0.4, 0.5) is 0 Å². The number of rotatable bonds is 2. The monoisotopic (exact) mass is 237 g/mol. The van der Waals surface area contributed by atoms with E-state index in [1.165, 1.54) is 16.7 Å². The Morgan fingerprint density at radius 1 is 1.19 bits per heavy atom. The first-order chi connectivity index (χ1) is 7.65. The Morgan fingerprint density at radius 3 is 2.50 bits per heavy atom. The Bertz CT molecular complexity index is 354. The van der Waals surface area contributed by atoms with Gasteiger partial charge in [0, 0.05) is 11.9 Å². The lowest BCUT2D eigenvalue weighted by Crippen LogP contribution is -2.33. The Balaban J connectivity index is 1.96. The molecule has 0 saturated carbocycles. The lowest BCUT2D eigenvalue weighted by Gasteiger charge is -2.29. The van der Waals surface area contributed by atoms with Gasteiger partial charge >= 0.3 is 0 Å². The quantitative estimate of drug-likeness (QED) is 0.712. The molecule has 0 aliphatic carbocycles. The fraction of sp³-hybridized carbons (Fsp3) is 0.571. The van der Waals surface area contributed by atoms with Gasteiger partial charge in [-0.2, -0.15) is 0 Å². The molecule has 1 aliphatic rings. The molecule has 16 heavy (non-hydrogen) atoms. The van der Waals surface area contributed by atoms with E-state index < -0.39 is 0 Å². The van der Waals surface area contributed by atoms with Crippen molar-refractivity contribution in [3.63, 3.8) is 0 Å². The standard InChI is InChI=1S/C14H20ClN/c1-11-3-4-13(9-12(11)2)10-16-7-5-14(15)6-8-16/h3-4,9,14H,5-8,10H2,1-2H3. The molecule has 0 bridgehead atoms. The normalized spacial score (nSPS) is 18.9. The van der Waals surface area contributed by atoms with Gasteiger partial charge in [-0.1, -0.05) is 18.2 Å². The minimum atomic E-state index is 0.399. The molecule has 2 heteroatoms. The Morgan fingerprint density at radius 2 is 1.88 bits per heavy atom. The molecule has 1 heterocycles. The minimum absolute atomic E-state index is 0.399. The number of benzene rings is 1. The predicted molar refractivity (Wildman–Crippen MR) is 70.1 cm³/mol. The largest absolute Gasteiger partial charge is 0.299 e. The van der Waals surface area contributed by atoms with Crippen molar-refractivity contribution >= 4 is 11.6 Å². The first-order valence-electron chi connectivity index (χ1n) is 6.07. The summed E-state index contributed by atoms with van der Waals surface area (Å²) in [5.41, 5.74) is 4.20. The van der Waals surface area contributed by atoms with Crippen molar-refractivity contribution in [1.29, 1.82) is 0 Å². The van der Waals surface area contributed by atoms with Crippen molar-refractivity contribution in [2.45, 2.75) is 38.6 Å². The molecule has 1 aliphatic heterocycles. The highest BCUT2D eigenvalue weighted by Gasteiger charge is 2.16. The smallest absolute Gasteiger partial charge is 0.0360 e. The second-order valence-corrected chi connectivity index (χ2v) is 5.49. The molecule has 1 nitrogen and oxygen atoms in total. The summed E-state index contributed by atoms with van der Waals surface area (Å²) in [6, 6.07) is 6.77. The minimum Gasteiger partial charge on any atom is -0.299 e. The predicted octanol–water partition coefficient (Wildman–Crippen LogP) is 3.51. The molecule has 0 unspecified atom stereocenters. The van der Waals surface area contributed by atoms with Crippen LogP contribution < -0.4 is 0 Å². The van der Waals surface area contributed by atoms with Crippen LogP contribution in [0.1, 0.15) is 29.5 Å². The number of alkyl halides is 1. The van der Waals surface area contributed by atoms with E-state index in [2.05, 4.69) is 36.9 Å². The van der Waals surface area contributed by atoms with Gasteiger partial charge in [0.05, 0.1) is 0 Å². The molecule has 1 aromatic carbocycles. The Labute approximate surface area is 103 Å². The summed E-state index contributed by atoms with van der Waals surface area (Å²) in [5.74, 6) is 0. The van der Waals surface area contributed by atoms with E-state index in [1.807, 2.05) is 0 Å². The van der Waals surface area contributed by atoms with Crippen molar-refractivity contribution in [2.24, 2.45) is 0 Å². The van der Waals surface area contributed by atoms with Gasteiger partial charge in [0.25, 0.3) is 0 Å². The average Bonchev–Trinajstić information content (AvgIpc) is 2.27. The van der Waals surface area contributed by atoms with Crippen molar-refractivity contribution in [2.75, 3.05) is 13.1 Å². The summed E-state index contributed by atoms with van der Waals surface area (Å²) in [6.07, 6.45) is 2.26. The summed E-state index contributed by atoms with van der Waals surface area (Å²) < 4.78 is 0. The zero-order valence-corrected chi connectivity index (χ0v) is 10.9. The van der Waals surface area contributed by atoms with Gasteiger partial charge in [-0.25, -0.2) is 0 Å². The Kier molecular flexibility index (Phi) is 3.88. The number of hydrogen-bond donors (Lipinski definition) is 0. The highest BCUT2D eigenvalue weighted by Crippen LogP contribution is 2.18. The van der Waals surface area contributed by atoms with E-state index in [0.29, 0.717) is 5.38 Å². The SMILES string of the molecule is Cc1ccc(CN2CCC(Cl)CC2)cc1C. The number of aryl methyl sites for hydroxylation is 2. The maximum atomic E-state index is 6.10. The fourth-order valence-corrected chi connectivity index (χ4v) is 2.41. The third-order valence-electron chi connectivity index (χ3n) is 3.49. The first-order valence-corrected chi connectivity index (χ1v) is 6.51. The van der Waals surface area contributed by atoms with Crippen molar-refractivity contribution in [3.8, 4) is 0 Å². The van der Waals surface area contributed by atoms with Gasteiger partial charge in [0.2, 0.25) is 0 Å². The van der Waals surface area contributed by atoms with E-state index in [-0.39, 0.29) is 0 Å². The van der Waals surface area contributed by atoms with Gasteiger partial charge < -0.3 is 0 Å². The average molecular weight is 238 g/mol. The molecule has 2 rings (SSSR count). The number of hydrogen-bond acceptors (Lipinski definition) is 1. The maximum absolute atomic E-state index is 6.10. The van der Waals surface area contributed by atoms with Gasteiger partial charge in [-0.3, -0.25) is 4.90 Å². The highest BCUT2D eigenvalue weighted by molar-refractivity contribution is 6.20. The molecule has 1 fully saturated rings. The number of piperidine rings is 1. The van der Waals surface area contributed by atoms with Crippen LogP contribution in [-0.2, 0) is 6.54 Å². The molecule has 0 atom stereocenters. The second kappa shape index (κ2) is 5.20. The van der Waals surface area contributed by atoms with Crippen LogP contribution in [0, 0.1) is 13.8 Å². The first kappa shape index (κ1) is 11.9. The third-order valence-corrected chi connectivity index (χ3v) is 3.93. The molecule has 88 valence electrons. The third kappa shape index (κ3) is 2.99. The van der Waals surface area contributed by atoms with E-state index >= 15 is 0 Å². The van der Waals surface area contributed by atoms with Crippen LogP contribution in [0.2, 0.25) is 0 Å². The van der Waals surface area contributed by atoms with Crippen molar-refractivity contribution < 1.29 is 0 Å². The van der Waals surface area contributed by atoms with E-state index in [9.17, 15) is 0 Å². The summed E-state index contributed by atoms with van der Waals surface area (Å²) in [7, 11) is 0. The zero-order valence-electron chi connectivity index (χ0n) is 10.2. The Hall–Kier alpha value is -0.530. The van der Waals surface area contributed by atoms with E-state index in [4.69, 9.17) is 11.6 Å². The molecular formula is C14H20ClN. The topological polar surface area (TPSA) is 3.24 Å².